The fraction of sp³-hybridized carbons (Fsp3) is 0.111. The number of thiazole rings is 1. The topological polar surface area (TPSA) is 124 Å². The molecule has 8 nitrogen and oxygen atoms in total. The number of benzene rings is 2. The Kier molecular flexibility index (Phi) is 5.32. The summed E-state index contributed by atoms with van der Waals surface area (Å²) >= 11 is 1.29. The summed E-state index contributed by atoms with van der Waals surface area (Å²) in [5, 5.41) is 21.3. The van der Waals surface area contributed by atoms with Crippen molar-refractivity contribution in [3.05, 3.63) is 69.1 Å². The van der Waals surface area contributed by atoms with Crippen LogP contribution in [0.3, 0.4) is 0 Å². The van der Waals surface area contributed by atoms with Gasteiger partial charge in [-0.15, -0.1) is 16.5 Å². The number of hydrogen-bond acceptors (Lipinski definition) is 8. The summed E-state index contributed by atoms with van der Waals surface area (Å²) in [6.45, 7) is 1.74. The number of nitrogens with two attached hydrogens (primary N) is 1. The van der Waals surface area contributed by atoms with E-state index < -0.39 is 4.92 Å². The molecule has 0 saturated heterocycles. The van der Waals surface area contributed by atoms with Crippen LogP contribution in [0.25, 0.3) is 11.3 Å². The monoisotopic (exact) mass is 381 g/mol. The van der Waals surface area contributed by atoms with Gasteiger partial charge in [0.1, 0.15) is 0 Å². The zero-order valence-corrected chi connectivity index (χ0v) is 15.1. The van der Waals surface area contributed by atoms with E-state index in [2.05, 4.69) is 15.2 Å². The van der Waals surface area contributed by atoms with E-state index in [1.807, 2.05) is 0 Å². The second kappa shape index (κ2) is 7.83. The number of carbonyl (C=O) groups excluding carboxylic acids is 1. The predicted octanol–water partition coefficient (Wildman–Crippen LogP) is 4.79. The second-order valence-corrected chi connectivity index (χ2v) is 6.53. The number of rotatable bonds is 6. The Morgan fingerprint density at radius 1 is 1.30 bits per heavy atom. The van der Waals surface area contributed by atoms with Gasteiger partial charge < -0.3 is 5.73 Å². The largest absolute Gasteiger partial charge is 0.398 e. The van der Waals surface area contributed by atoms with Gasteiger partial charge in [0, 0.05) is 34.3 Å². The van der Waals surface area contributed by atoms with Gasteiger partial charge in [0.15, 0.2) is 5.78 Å². The Morgan fingerprint density at radius 2 is 2.11 bits per heavy atom. The Bertz CT molecular complexity index is 1040. The third kappa shape index (κ3) is 4.39. The Hall–Kier alpha value is -3.46. The van der Waals surface area contributed by atoms with Crippen molar-refractivity contribution in [2.24, 2.45) is 10.2 Å². The van der Waals surface area contributed by atoms with E-state index in [0.29, 0.717) is 27.6 Å². The van der Waals surface area contributed by atoms with Crippen LogP contribution in [0.2, 0.25) is 0 Å². The van der Waals surface area contributed by atoms with Crippen molar-refractivity contribution >= 4 is 33.6 Å². The van der Waals surface area contributed by atoms with E-state index >= 15 is 0 Å². The molecule has 0 bridgehead atoms. The van der Waals surface area contributed by atoms with Crippen molar-refractivity contribution in [1.29, 1.82) is 0 Å². The van der Waals surface area contributed by atoms with Gasteiger partial charge in [-0.25, -0.2) is 4.98 Å². The van der Waals surface area contributed by atoms with Gasteiger partial charge in [0.25, 0.3) is 5.69 Å². The number of anilines is 1. The fourth-order valence-electron chi connectivity index (χ4n) is 2.35. The van der Waals surface area contributed by atoms with Crippen LogP contribution >= 0.6 is 11.3 Å². The summed E-state index contributed by atoms with van der Waals surface area (Å²) in [6.07, 6.45) is 0. The molecule has 0 atom stereocenters. The average Bonchev–Trinajstić information content (AvgIpc) is 3.12. The molecular weight excluding hydrogens is 366 g/mol. The molecule has 3 aromatic rings. The number of aromatic nitrogens is 1. The first-order valence-corrected chi connectivity index (χ1v) is 8.79. The number of Topliss-reactive ketones (excluding diaryl/α,β-unsaturated/α-hetero) is 1. The number of non-ortho nitro benzene ring substituents is 1. The number of ketones is 1. The Morgan fingerprint density at radius 3 is 2.81 bits per heavy atom. The zero-order valence-electron chi connectivity index (χ0n) is 14.3. The lowest BCUT2D eigenvalue weighted by atomic mass is 10.1. The molecule has 0 amide bonds. The summed E-state index contributed by atoms with van der Waals surface area (Å²) in [5.41, 5.74) is 8.99. The molecule has 27 heavy (non-hydrogen) atoms. The van der Waals surface area contributed by atoms with Crippen molar-refractivity contribution in [3.63, 3.8) is 0 Å². The highest BCUT2D eigenvalue weighted by Crippen LogP contribution is 2.29. The maximum atomic E-state index is 11.3. The highest BCUT2D eigenvalue weighted by atomic mass is 32.1. The molecule has 3 rings (SSSR count). The first-order valence-electron chi connectivity index (χ1n) is 7.91. The van der Waals surface area contributed by atoms with Gasteiger partial charge in [-0.05, 0) is 18.6 Å². The number of nitrogen functional groups attached to an aromatic ring is 1. The van der Waals surface area contributed by atoms with Crippen LogP contribution in [0.1, 0.15) is 22.8 Å². The van der Waals surface area contributed by atoms with Crippen LogP contribution in [0.4, 0.5) is 16.5 Å². The summed E-state index contributed by atoms with van der Waals surface area (Å²) in [5.74, 6) is -0.0497. The molecular formula is C18H15N5O3S. The molecule has 0 saturated carbocycles. The molecule has 136 valence electrons. The van der Waals surface area contributed by atoms with Crippen LogP contribution in [-0.2, 0) is 6.54 Å². The van der Waals surface area contributed by atoms with Gasteiger partial charge in [0.05, 0.1) is 17.2 Å². The minimum Gasteiger partial charge on any atom is -0.398 e. The SMILES string of the molecule is CC(=O)c1ccc(CN=Nc2nc(-c3cccc([N+](=O)[O-])c3)cs2)c(N)c1. The minimum atomic E-state index is -0.446. The molecule has 0 aliphatic carbocycles. The molecule has 0 radical (unpaired) electrons. The van der Waals surface area contributed by atoms with E-state index in [0.717, 1.165) is 5.56 Å². The molecule has 0 aliphatic rings. The average molecular weight is 381 g/mol. The quantitative estimate of drug-likeness (QED) is 0.216. The highest BCUT2D eigenvalue weighted by molar-refractivity contribution is 7.13. The molecule has 1 aromatic heterocycles. The summed E-state index contributed by atoms with van der Waals surface area (Å²) < 4.78 is 0. The van der Waals surface area contributed by atoms with Crippen LogP contribution < -0.4 is 5.73 Å². The Labute approximate surface area is 158 Å². The Balaban J connectivity index is 1.72. The molecule has 0 unspecified atom stereocenters. The van der Waals surface area contributed by atoms with E-state index in [1.165, 1.54) is 30.4 Å². The minimum absolute atomic E-state index is 0.00755. The lowest BCUT2D eigenvalue weighted by molar-refractivity contribution is -0.384. The molecule has 1 heterocycles. The molecule has 9 heteroatoms. The molecule has 0 aliphatic heterocycles. The van der Waals surface area contributed by atoms with E-state index in [4.69, 9.17) is 5.73 Å². The van der Waals surface area contributed by atoms with Crippen molar-refractivity contribution in [1.82, 2.24) is 4.98 Å². The third-order valence-electron chi connectivity index (χ3n) is 3.79. The van der Waals surface area contributed by atoms with Crippen molar-refractivity contribution in [3.8, 4) is 11.3 Å². The summed E-state index contributed by atoms with van der Waals surface area (Å²) in [4.78, 5) is 26.1. The van der Waals surface area contributed by atoms with Crippen LogP contribution in [0, 0.1) is 10.1 Å². The molecule has 2 aromatic carbocycles. The first-order chi connectivity index (χ1) is 12.9. The maximum Gasteiger partial charge on any atom is 0.270 e. The van der Waals surface area contributed by atoms with Gasteiger partial charge in [-0.2, -0.15) is 5.11 Å². The second-order valence-electron chi connectivity index (χ2n) is 5.69. The van der Waals surface area contributed by atoms with Crippen molar-refractivity contribution in [2.75, 3.05) is 5.73 Å². The number of carbonyl (C=O) groups is 1. The van der Waals surface area contributed by atoms with E-state index in [-0.39, 0.29) is 18.0 Å². The van der Waals surface area contributed by atoms with E-state index in [1.54, 1.807) is 35.7 Å². The smallest absolute Gasteiger partial charge is 0.270 e. The van der Waals surface area contributed by atoms with E-state index in [9.17, 15) is 14.9 Å². The van der Waals surface area contributed by atoms with Crippen LogP contribution in [0.15, 0.2) is 58.1 Å². The maximum absolute atomic E-state index is 11.3. The van der Waals surface area contributed by atoms with Crippen LogP contribution in [-0.4, -0.2) is 15.7 Å². The van der Waals surface area contributed by atoms with Crippen molar-refractivity contribution < 1.29 is 9.72 Å². The highest BCUT2D eigenvalue weighted by Gasteiger charge is 2.10. The lowest BCUT2D eigenvalue weighted by Crippen LogP contribution is -1.98. The number of nitrogens with zero attached hydrogens (tertiary/aromatic N) is 4. The molecule has 0 spiro atoms. The number of hydrogen-bond donors (Lipinski definition) is 1. The van der Waals surface area contributed by atoms with Gasteiger partial charge in [-0.1, -0.05) is 24.3 Å². The van der Waals surface area contributed by atoms with Crippen LogP contribution in [0.5, 0.6) is 0 Å². The van der Waals surface area contributed by atoms with Crippen molar-refractivity contribution in [2.45, 2.75) is 13.5 Å². The zero-order chi connectivity index (χ0) is 19.4. The normalized spacial score (nSPS) is 11.0. The number of nitro groups is 1. The first kappa shape index (κ1) is 18.3. The van der Waals surface area contributed by atoms with Gasteiger partial charge >= 0.3 is 0 Å². The summed E-state index contributed by atoms with van der Waals surface area (Å²) in [6, 6.07) is 11.3. The van der Waals surface area contributed by atoms with Gasteiger partial charge in [0.2, 0.25) is 5.13 Å². The fourth-order valence-corrected chi connectivity index (χ4v) is 3.01. The number of azo groups is 1. The lowest BCUT2D eigenvalue weighted by Gasteiger charge is -2.03. The third-order valence-corrected chi connectivity index (χ3v) is 4.52. The summed E-state index contributed by atoms with van der Waals surface area (Å²) in [7, 11) is 0. The predicted molar refractivity (Wildman–Crippen MR) is 103 cm³/mol. The molecule has 2 N–H and O–H groups in total. The molecule has 0 fully saturated rings. The van der Waals surface area contributed by atoms with Gasteiger partial charge in [-0.3, -0.25) is 14.9 Å². The standard InChI is InChI=1S/C18H15N5O3S/c1-11(24)12-5-6-14(16(19)8-12)9-20-22-18-21-17(10-27-18)13-3-2-4-15(7-13)23(25)26/h2-8,10H,9,19H2,1H3. The number of nitro benzene ring substituents is 1.